The Labute approximate surface area is 112 Å². The fraction of sp³-hybridized carbons (Fsp3) is 0.286. The summed E-state index contributed by atoms with van der Waals surface area (Å²) in [5.74, 6) is 2.03. The smallest absolute Gasteiger partial charge is 0.162 e. The van der Waals surface area contributed by atoms with E-state index in [9.17, 15) is 0 Å². The fourth-order valence-electron chi connectivity index (χ4n) is 1.92. The van der Waals surface area contributed by atoms with Gasteiger partial charge in [0.2, 0.25) is 0 Å². The summed E-state index contributed by atoms with van der Waals surface area (Å²) in [5, 5.41) is 9.02. The van der Waals surface area contributed by atoms with Gasteiger partial charge >= 0.3 is 0 Å². The molecule has 1 heterocycles. The number of hydrogen-bond acceptors (Lipinski definition) is 4. The minimum Gasteiger partial charge on any atom is -0.493 e. The lowest BCUT2D eigenvalue weighted by Crippen LogP contribution is -1.96. The molecule has 0 N–H and O–H groups in total. The van der Waals surface area contributed by atoms with Crippen molar-refractivity contribution >= 4 is 0 Å². The zero-order valence-corrected chi connectivity index (χ0v) is 11.4. The molecule has 0 saturated heterocycles. The number of ether oxygens (including phenoxy) is 2. The van der Waals surface area contributed by atoms with Crippen LogP contribution in [0.2, 0.25) is 0 Å². The van der Waals surface area contributed by atoms with Crippen molar-refractivity contribution in [3.05, 3.63) is 29.6 Å². The summed E-state index contributed by atoms with van der Waals surface area (Å²) in [6.07, 6.45) is 0. The molecule has 0 spiro atoms. The molecule has 0 aliphatic rings. The molecule has 0 saturated carbocycles. The average molecular weight is 257 g/mol. The van der Waals surface area contributed by atoms with Crippen molar-refractivity contribution in [2.45, 2.75) is 6.92 Å². The summed E-state index contributed by atoms with van der Waals surface area (Å²) in [4.78, 5) is 4.33. The topological polar surface area (TPSA) is 60.1 Å². The van der Waals surface area contributed by atoms with E-state index in [0.29, 0.717) is 17.2 Å². The first kappa shape index (κ1) is 13.0. The highest BCUT2D eigenvalue weighted by atomic mass is 16.5. The van der Waals surface area contributed by atoms with Gasteiger partial charge in [0.25, 0.3) is 0 Å². The second kappa shape index (κ2) is 5.02. The van der Waals surface area contributed by atoms with Crippen LogP contribution in [0, 0.1) is 18.3 Å². The first-order chi connectivity index (χ1) is 9.12. The lowest BCUT2D eigenvalue weighted by Gasteiger charge is -2.09. The Hall–Kier alpha value is -2.48. The summed E-state index contributed by atoms with van der Waals surface area (Å²) in [6, 6.07) is 7.66. The van der Waals surface area contributed by atoms with Gasteiger partial charge in [-0.2, -0.15) is 5.26 Å². The standard InChI is InChI=1S/C14H15N3O2/c1-9-11(8-15)16-14(17(9)2)10-5-6-12(18-3)13(7-10)19-4/h5-7H,1-4H3. The quantitative estimate of drug-likeness (QED) is 0.846. The van der Waals surface area contributed by atoms with Gasteiger partial charge in [-0.25, -0.2) is 4.98 Å². The second-order valence-corrected chi connectivity index (χ2v) is 4.11. The van der Waals surface area contributed by atoms with Crippen LogP contribution in [-0.4, -0.2) is 23.8 Å². The van der Waals surface area contributed by atoms with Gasteiger partial charge in [0, 0.05) is 12.6 Å². The molecule has 2 rings (SSSR count). The van der Waals surface area contributed by atoms with Crippen molar-refractivity contribution < 1.29 is 9.47 Å². The average Bonchev–Trinajstić information content (AvgIpc) is 2.74. The Morgan fingerprint density at radius 2 is 1.89 bits per heavy atom. The molecule has 19 heavy (non-hydrogen) atoms. The minimum atomic E-state index is 0.437. The van der Waals surface area contributed by atoms with Crippen LogP contribution in [0.4, 0.5) is 0 Å². The number of imidazole rings is 1. The number of nitriles is 1. The summed E-state index contributed by atoms with van der Waals surface area (Å²) < 4.78 is 12.4. The molecule has 5 nitrogen and oxygen atoms in total. The third-order valence-electron chi connectivity index (χ3n) is 3.13. The number of hydrogen-bond donors (Lipinski definition) is 0. The van der Waals surface area contributed by atoms with E-state index in [0.717, 1.165) is 17.1 Å². The number of benzene rings is 1. The largest absolute Gasteiger partial charge is 0.493 e. The molecule has 2 aromatic rings. The lowest BCUT2D eigenvalue weighted by molar-refractivity contribution is 0.355. The second-order valence-electron chi connectivity index (χ2n) is 4.11. The van der Waals surface area contributed by atoms with Gasteiger partial charge in [-0.05, 0) is 25.1 Å². The van der Waals surface area contributed by atoms with Crippen molar-refractivity contribution in [1.29, 1.82) is 5.26 Å². The normalized spacial score (nSPS) is 10.1. The van der Waals surface area contributed by atoms with Crippen LogP contribution in [-0.2, 0) is 7.05 Å². The summed E-state index contributed by atoms with van der Waals surface area (Å²) in [6.45, 7) is 1.87. The number of rotatable bonds is 3. The van der Waals surface area contributed by atoms with Crippen LogP contribution in [0.15, 0.2) is 18.2 Å². The maximum absolute atomic E-state index is 9.02. The molecule has 1 aromatic heterocycles. The van der Waals surface area contributed by atoms with E-state index in [2.05, 4.69) is 11.1 Å². The van der Waals surface area contributed by atoms with Gasteiger partial charge in [0.1, 0.15) is 11.9 Å². The molecule has 5 heteroatoms. The summed E-state index contributed by atoms with van der Waals surface area (Å²) in [7, 11) is 5.07. The number of methoxy groups -OCH3 is 2. The first-order valence-corrected chi connectivity index (χ1v) is 5.78. The van der Waals surface area contributed by atoms with E-state index in [-0.39, 0.29) is 0 Å². The van der Waals surface area contributed by atoms with E-state index in [1.807, 2.05) is 36.7 Å². The highest BCUT2D eigenvalue weighted by Crippen LogP contribution is 2.32. The predicted molar refractivity (Wildman–Crippen MR) is 71.2 cm³/mol. The van der Waals surface area contributed by atoms with Gasteiger partial charge in [-0.15, -0.1) is 0 Å². The molecule has 98 valence electrons. The van der Waals surface area contributed by atoms with Crippen molar-refractivity contribution in [1.82, 2.24) is 9.55 Å². The Kier molecular flexibility index (Phi) is 3.43. The van der Waals surface area contributed by atoms with E-state index < -0.39 is 0 Å². The Morgan fingerprint density at radius 1 is 1.21 bits per heavy atom. The maximum Gasteiger partial charge on any atom is 0.162 e. The summed E-state index contributed by atoms with van der Waals surface area (Å²) in [5.41, 5.74) is 2.16. The third kappa shape index (κ3) is 2.13. The van der Waals surface area contributed by atoms with E-state index in [1.165, 1.54) is 0 Å². The number of aromatic nitrogens is 2. The molecule has 0 aliphatic heterocycles. The van der Waals surface area contributed by atoms with Crippen molar-refractivity contribution in [3.63, 3.8) is 0 Å². The molecule has 0 amide bonds. The monoisotopic (exact) mass is 257 g/mol. The Balaban J connectivity index is 2.57. The highest BCUT2D eigenvalue weighted by Gasteiger charge is 2.14. The van der Waals surface area contributed by atoms with E-state index in [4.69, 9.17) is 14.7 Å². The minimum absolute atomic E-state index is 0.437. The number of nitrogens with zero attached hydrogens (tertiary/aromatic N) is 3. The lowest BCUT2D eigenvalue weighted by atomic mass is 10.2. The zero-order valence-electron chi connectivity index (χ0n) is 11.4. The molecule has 0 bridgehead atoms. The van der Waals surface area contributed by atoms with Crippen LogP contribution in [0.5, 0.6) is 11.5 Å². The van der Waals surface area contributed by atoms with Gasteiger partial charge in [0.05, 0.1) is 19.9 Å². The Bertz CT molecular complexity index is 653. The predicted octanol–water partition coefficient (Wildman–Crippen LogP) is 2.28. The molecular weight excluding hydrogens is 242 g/mol. The van der Waals surface area contributed by atoms with Crippen molar-refractivity contribution in [2.75, 3.05) is 14.2 Å². The Morgan fingerprint density at radius 3 is 2.42 bits per heavy atom. The molecule has 0 radical (unpaired) electrons. The van der Waals surface area contributed by atoms with E-state index >= 15 is 0 Å². The zero-order chi connectivity index (χ0) is 14.0. The molecular formula is C14H15N3O2. The maximum atomic E-state index is 9.02. The fourth-order valence-corrected chi connectivity index (χ4v) is 1.92. The van der Waals surface area contributed by atoms with Crippen molar-refractivity contribution in [2.24, 2.45) is 7.05 Å². The van der Waals surface area contributed by atoms with Gasteiger partial charge < -0.3 is 14.0 Å². The van der Waals surface area contributed by atoms with Gasteiger partial charge in [0.15, 0.2) is 17.2 Å². The molecule has 0 unspecified atom stereocenters. The van der Waals surface area contributed by atoms with Crippen LogP contribution in [0.1, 0.15) is 11.4 Å². The van der Waals surface area contributed by atoms with Gasteiger partial charge in [-0.1, -0.05) is 0 Å². The molecule has 0 aliphatic carbocycles. The van der Waals surface area contributed by atoms with Crippen LogP contribution in [0.3, 0.4) is 0 Å². The molecule has 0 fully saturated rings. The van der Waals surface area contributed by atoms with E-state index in [1.54, 1.807) is 14.2 Å². The van der Waals surface area contributed by atoms with Gasteiger partial charge in [-0.3, -0.25) is 0 Å². The van der Waals surface area contributed by atoms with Crippen LogP contribution in [0.25, 0.3) is 11.4 Å². The van der Waals surface area contributed by atoms with Crippen LogP contribution < -0.4 is 9.47 Å². The van der Waals surface area contributed by atoms with Crippen LogP contribution >= 0.6 is 0 Å². The SMILES string of the molecule is COc1ccc(-c2nc(C#N)c(C)n2C)cc1OC. The first-order valence-electron chi connectivity index (χ1n) is 5.78. The molecule has 0 atom stereocenters. The highest BCUT2D eigenvalue weighted by molar-refractivity contribution is 5.63. The third-order valence-corrected chi connectivity index (χ3v) is 3.13. The summed E-state index contributed by atoms with van der Waals surface area (Å²) >= 11 is 0. The van der Waals surface area contributed by atoms with Crippen molar-refractivity contribution in [3.8, 4) is 29.0 Å². The molecule has 1 aromatic carbocycles.